The van der Waals surface area contributed by atoms with Crippen molar-refractivity contribution in [3.05, 3.63) is 64.2 Å². The van der Waals surface area contributed by atoms with Gasteiger partial charge in [0.2, 0.25) is 0 Å². The molecule has 0 aliphatic rings. The Hall–Kier alpha value is -1.94. The predicted molar refractivity (Wildman–Crippen MR) is 67.5 cm³/mol. The van der Waals surface area contributed by atoms with Gasteiger partial charge in [-0.25, -0.2) is 8.78 Å². The van der Waals surface area contributed by atoms with Crippen LogP contribution in [0.2, 0.25) is 5.02 Å². The molecular formula is C14H9ClF2O2. The van der Waals surface area contributed by atoms with E-state index in [0.717, 1.165) is 12.1 Å². The van der Waals surface area contributed by atoms with E-state index in [9.17, 15) is 13.6 Å². The average molecular weight is 283 g/mol. The molecule has 0 heterocycles. The molecule has 2 aromatic rings. The summed E-state index contributed by atoms with van der Waals surface area (Å²) in [4.78, 5) is 10.6. The van der Waals surface area contributed by atoms with Crippen LogP contribution >= 0.6 is 11.6 Å². The number of carbonyl (C=O) groups excluding carboxylic acids is 1. The second-order valence-electron chi connectivity index (χ2n) is 3.86. The van der Waals surface area contributed by atoms with Crippen molar-refractivity contribution in [2.45, 2.75) is 6.61 Å². The van der Waals surface area contributed by atoms with Gasteiger partial charge >= 0.3 is 0 Å². The molecule has 2 rings (SSSR count). The Balaban J connectivity index is 2.14. The molecule has 0 saturated carbocycles. The van der Waals surface area contributed by atoms with E-state index in [2.05, 4.69) is 0 Å². The Labute approximate surface area is 113 Å². The van der Waals surface area contributed by atoms with Crippen molar-refractivity contribution in [1.82, 2.24) is 0 Å². The van der Waals surface area contributed by atoms with Crippen LogP contribution in [0.25, 0.3) is 0 Å². The summed E-state index contributed by atoms with van der Waals surface area (Å²) >= 11 is 5.63. The van der Waals surface area contributed by atoms with Crippen LogP contribution in [-0.2, 0) is 6.61 Å². The standard InChI is InChI=1S/C14H9ClF2O2/c15-11-2-1-10(14(17)5-11)8-19-13-4-9(7-18)3-12(16)6-13/h1-7H,8H2. The lowest BCUT2D eigenvalue weighted by molar-refractivity contribution is 0.112. The minimum absolute atomic E-state index is 0.0786. The quantitative estimate of drug-likeness (QED) is 0.792. The second kappa shape index (κ2) is 5.80. The van der Waals surface area contributed by atoms with Gasteiger partial charge in [-0.1, -0.05) is 17.7 Å². The maximum Gasteiger partial charge on any atom is 0.150 e. The van der Waals surface area contributed by atoms with Crippen LogP contribution in [0.4, 0.5) is 8.78 Å². The Morgan fingerprint density at radius 3 is 2.63 bits per heavy atom. The van der Waals surface area contributed by atoms with Gasteiger partial charge in [0, 0.05) is 22.2 Å². The smallest absolute Gasteiger partial charge is 0.150 e. The molecule has 0 saturated heterocycles. The van der Waals surface area contributed by atoms with Gasteiger partial charge in [-0.15, -0.1) is 0 Å². The van der Waals surface area contributed by atoms with Crippen molar-refractivity contribution in [2.24, 2.45) is 0 Å². The van der Waals surface area contributed by atoms with Crippen molar-refractivity contribution < 1.29 is 18.3 Å². The Morgan fingerprint density at radius 2 is 1.95 bits per heavy atom. The highest BCUT2D eigenvalue weighted by molar-refractivity contribution is 6.30. The summed E-state index contributed by atoms with van der Waals surface area (Å²) in [5.41, 5.74) is 0.452. The average Bonchev–Trinajstić information content (AvgIpc) is 2.37. The number of halogens is 3. The van der Waals surface area contributed by atoms with Crippen molar-refractivity contribution in [1.29, 1.82) is 0 Å². The van der Waals surface area contributed by atoms with Gasteiger partial charge in [0.05, 0.1) is 0 Å². The number of hydrogen-bond donors (Lipinski definition) is 0. The lowest BCUT2D eigenvalue weighted by atomic mass is 10.2. The number of rotatable bonds is 4. The monoisotopic (exact) mass is 282 g/mol. The molecule has 0 N–H and O–H groups in total. The van der Waals surface area contributed by atoms with Gasteiger partial charge in [0.25, 0.3) is 0 Å². The fourth-order valence-electron chi connectivity index (χ4n) is 1.54. The molecule has 0 spiro atoms. The van der Waals surface area contributed by atoms with Crippen LogP contribution in [0, 0.1) is 11.6 Å². The Morgan fingerprint density at radius 1 is 1.16 bits per heavy atom. The molecule has 0 unspecified atom stereocenters. The van der Waals surface area contributed by atoms with Gasteiger partial charge in [-0.2, -0.15) is 0 Å². The summed E-state index contributed by atoms with van der Waals surface area (Å²) in [5, 5.41) is 0.287. The highest BCUT2D eigenvalue weighted by atomic mass is 35.5. The lowest BCUT2D eigenvalue weighted by Crippen LogP contribution is -1.99. The van der Waals surface area contributed by atoms with Gasteiger partial charge in [0.15, 0.2) is 0 Å². The first kappa shape index (κ1) is 13.5. The summed E-state index contributed by atoms with van der Waals surface area (Å²) in [6.07, 6.45) is 0.513. The molecule has 0 amide bonds. The van der Waals surface area contributed by atoms with Crippen molar-refractivity contribution in [2.75, 3.05) is 0 Å². The third kappa shape index (κ3) is 3.51. The lowest BCUT2D eigenvalue weighted by Gasteiger charge is -2.08. The summed E-state index contributed by atoms with van der Waals surface area (Å²) in [7, 11) is 0. The van der Waals surface area contributed by atoms with Crippen LogP contribution in [0.5, 0.6) is 5.75 Å². The fourth-order valence-corrected chi connectivity index (χ4v) is 1.69. The van der Waals surface area contributed by atoms with Gasteiger partial charge < -0.3 is 4.74 Å². The van der Waals surface area contributed by atoms with Crippen LogP contribution in [-0.4, -0.2) is 6.29 Å². The Kier molecular flexibility index (Phi) is 4.12. The topological polar surface area (TPSA) is 26.3 Å². The van der Waals surface area contributed by atoms with E-state index in [4.69, 9.17) is 16.3 Å². The minimum atomic E-state index is -0.587. The molecular weight excluding hydrogens is 274 g/mol. The summed E-state index contributed by atoms with van der Waals surface area (Å²) in [5.74, 6) is -0.924. The first-order chi connectivity index (χ1) is 9.08. The number of aldehydes is 1. The van der Waals surface area contributed by atoms with Gasteiger partial charge in [-0.05, 0) is 24.3 Å². The zero-order chi connectivity index (χ0) is 13.8. The molecule has 2 nitrogen and oxygen atoms in total. The Bertz CT molecular complexity index is 614. The van der Waals surface area contributed by atoms with E-state index in [0.29, 0.717) is 11.8 Å². The summed E-state index contributed by atoms with van der Waals surface area (Å²) in [6.45, 7) is -0.0786. The third-order valence-electron chi connectivity index (χ3n) is 2.44. The molecule has 2 aromatic carbocycles. The second-order valence-corrected chi connectivity index (χ2v) is 4.30. The van der Waals surface area contributed by atoms with Gasteiger partial charge in [-0.3, -0.25) is 4.79 Å². The van der Waals surface area contributed by atoms with Crippen molar-refractivity contribution in [3.63, 3.8) is 0 Å². The third-order valence-corrected chi connectivity index (χ3v) is 2.67. The fraction of sp³-hybridized carbons (Fsp3) is 0.0714. The number of carbonyl (C=O) groups is 1. The molecule has 0 aromatic heterocycles. The molecule has 0 atom stereocenters. The van der Waals surface area contributed by atoms with Crippen LogP contribution in [0.3, 0.4) is 0 Å². The van der Waals surface area contributed by atoms with Crippen LogP contribution in [0.1, 0.15) is 15.9 Å². The van der Waals surface area contributed by atoms with E-state index in [1.165, 1.54) is 24.3 Å². The van der Waals surface area contributed by atoms with E-state index in [1.807, 2.05) is 0 Å². The van der Waals surface area contributed by atoms with E-state index in [-0.39, 0.29) is 22.9 Å². The van der Waals surface area contributed by atoms with Crippen molar-refractivity contribution >= 4 is 17.9 Å². The van der Waals surface area contributed by atoms with Gasteiger partial charge in [0.1, 0.15) is 30.3 Å². The normalized spacial score (nSPS) is 10.3. The molecule has 0 bridgehead atoms. The molecule has 0 aliphatic carbocycles. The highest BCUT2D eigenvalue weighted by Gasteiger charge is 2.06. The number of hydrogen-bond acceptors (Lipinski definition) is 2. The van der Waals surface area contributed by atoms with E-state index >= 15 is 0 Å². The van der Waals surface area contributed by atoms with Crippen LogP contribution < -0.4 is 4.74 Å². The van der Waals surface area contributed by atoms with E-state index in [1.54, 1.807) is 0 Å². The SMILES string of the molecule is O=Cc1cc(F)cc(OCc2ccc(Cl)cc2F)c1. The zero-order valence-electron chi connectivity index (χ0n) is 9.70. The number of ether oxygens (including phenoxy) is 1. The molecule has 19 heavy (non-hydrogen) atoms. The summed E-state index contributed by atoms with van der Waals surface area (Å²) < 4.78 is 31.9. The maximum absolute atomic E-state index is 13.5. The van der Waals surface area contributed by atoms with E-state index < -0.39 is 11.6 Å². The predicted octanol–water partition coefficient (Wildman–Crippen LogP) is 4.01. The van der Waals surface area contributed by atoms with Crippen LogP contribution in [0.15, 0.2) is 36.4 Å². The molecule has 5 heteroatoms. The summed E-state index contributed by atoms with van der Waals surface area (Å²) in [6, 6.07) is 7.78. The van der Waals surface area contributed by atoms with Crippen molar-refractivity contribution in [3.8, 4) is 5.75 Å². The largest absolute Gasteiger partial charge is 0.489 e. The molecule has 0 radical (unpaired) electrons. The molecule has 0 fully saturated rings. The molecule has 0 aliphatic heterocycles. The number of benzene rings is 2. The molecule has 98 valence electrons. The first-order valence-electron chi connectivity index (χ1n) is 5.41. The first-order valence-corrected chi connectivity index (χ1v) is 5.79. The zero-order valence-corrected chi connectivity index (χ0v) is 10.5. The highest BCUT2D eigenvalue weighted by Crippen LogP contribution is 2.19. The minimum Gasteiger partial charge on any atom is -0.489 e. The maximum atomic E-state index is 13.5.